The average molecular weight is 378 g/mol. The van der Waals surface area contributed by atoms with E-state index in [1.165, 1.54) is 4.90 Å². The Balaban J connectivity index is 1.66. The lowest BCUT2D eigenvalue weighted by Gasteiger charge is -2.39. The monoisotopic (exact) mass is 378 g/mol. The Hall–Kier alpha value is -3.48. The molecule has 2 aliphatic heterocycles. The number of nitrogens with one attached hydrogen (secondary N) is 1. The third kappa shape index (κ3) is 2.85. The smallest absolute Gasteiger partial charge is 0.342 e. The van der Waals surface area contributed by atoms with Crippen LogP contribution in [-0.2, 0) is 32.3 Å². The van der Waals surface area contributed by atoms with E-state index in [0.717, 1.165) is 11.1 Å². The predicted molar refractivity (Wildman–Crippen MR) is 97.7 cm³/mol. The number of fused-ring (bicyclic) bond motifs is 1. The SMILES string of the molecule is O=C1CCC(C(=O)OCc2ccccc2)(N2Cc3ccccc3C2=O)C(=O)N1. The maximum absolute atomic E-state index is 13.1. The summed E-state index contributed by atoms with van der Waals surface area (Å²) in [4.78, 5) is 51.8. The summed E-state index contributed by atoms with van der Waals surface area (Å²) in [6, 6.07) is 16.0. The van der Waals surface area contributed by atoms with E-state index < -0.39 is 29.2 Å². The summed E-state index contributed by atoms with van der Waals surface area (Å²) >= 11 is 0. The molecule has 142 valence electrons. The zero-order valence-corrected chi connectivity index (χ0v) is 15.0. The van der Waals surface area contributed by atoms with E-state index in [1.807, 2.05) is 18.2 Å². The van der Waals surface area contributed by atoms with E-state index in [9.17, 15) is 19.2 Å². The van der Waals surface area contributed by atoms with Crippen molar-refractivity contribution in [3.63, 3.8) is 0 Å². The lowest BCUT2D eigenvalue weighted by molar-refractivity contribution is -0.167. The van der Waals surface area contributed by atoms with Gasteiger partial charge < -0.3 is 9.64 Å². The predicted octanol–water partition coefficient (Wildman–Crippen LogP) is 1.56. The Bertz CT molecular complexity index is 972. The van der Waals surface area contributed by atoms with E-state index in [4.69, 9.17) is 4.74 Å². The molecule has 1 atom stereocenters. The van der Waals surface area contributed by atoms with E-state index >= 15 is 0 Å². The molecule has 0 aliphatic carbocycles. The summed E-state index contributed by atoms with van der Waals surface area (Å²) in [6.45, 7) is 0.0781. The molecule has 2 heterocycles. The fraction of sp³-hybridized carbons (Fsp3) is 0.238. The molecular formula is C21H18N2O5. The van der Waals surface area contributed by atoms with E-state index in [0.29, 0.717) is 5.56 Å². The maximum Gasteiger partial charge on any atom is 0.342 e. The van der Waals surface area contributed by atoms with Gasteiger partial charge in [-0.2, -0.15) is 0 Å². The number of hydrogen-bond donors (Lipinski definition) is 1. The molecule has 7 heteroatoms. The number of piperidine rings is 1. The van der Waals surface area contributed by atoms with Crippen molar-refractivity contribution in [2.75, 3.05) is 0 Å². The fourth-order valence-corrected chi connectivity index (χ4v) is 3.67. The van der Waals surface area contributed by atoms with Gasteiger partial charge in [0.25, 0.3) is 11.8 Å². The van der Waals surface area contributed by atoms with Crippen molar-refractivity contribution >= 4 is 23.7 Å². The number of nitrogens with zero attached hydrogens (tertiary/aromatic N) is 1. The first-order valence-corrected chi connectivity index (χ1v) is 8.97. The summed E-state index contributed by atoms with van der Waals surface area (Å²) in [5.74, 6) is -2.54. The number of imide groups is 1. The highest BCUT2D eigenvalue weighted by Crippen LogP contribution is 2.35. The fourth-order valence-electron chi connectivity index (χ4n) is 3.67. The second kappa shape index (κ2) is 6.92. The van der Waals surface area contributed by atoms with E-state index in [1.54, 1.807) is 36.4 Å². The number of ether oxygens (including phenoxy) is 1. The third-order valence-corrected chi connectivity index (χ3v) is 5.18. The first-order valence-electron chi connectivity index (χ1n) is 8.97. The molecule has 1 unspecified atom stereocenters. The van der Waals surface area contributed by atoms with Crippen LogP contribution in [-0.4, -0.2) is 34.1 Å². The van der Waals surface area contributed by atoms with Gasteiger partial charge in [-0.05, 0) is 23.6 Å². The molecule has 3 amide bonds. The molecule has 1 N–H and O–H groups in total. The minimum absolute atomic E-state index is 0.0301. The maximum atomic E-state index is 13.1. The number of amides is 3. The number of carbonyl (C=O) groups excluding carboxylic acids is 4. The van der Waals surface area contributed by atoms with Gasteiger partial charge in [0.15, 0.2) is 0 Å². The molecular weight excluding hydrogens is 360 g/mol. The van der Waals surface area contributed by atoms with Crippen molar-refractivity contribution in [2.45, 2.75) is 31.5 Å². The number of hydrogen-bond acceptors (Lipinski definition) is 5. The zero-order chi connectivity index (χ0) is 19.7. The van der Waals surface area contributed by atoms with E-state index in [2.05, 4.69) is 5.32 Å². The Kier molecular flexibility index (Phi) is 4.43. The van der Waals surface area contributed by atoms with Crippen LogP contribution in [0.1, 0.15) is 34.3 Å². The summed E-state index contributed by atoms with van der Waals surface area (Å²) in [5.41, 5.74) is 0.0721. The summed E-state index contributed by atoms with van der Waals surface area (Å²) in [5, 5.41) is 2.20. The second-order valence-corrected chi connectivity index (χ2v) is 6.85. The molecule has 2 aliphatic rings. The molecule has 1 fully saturated rings. The van der Waals surface area contributed by atoms with Crippen LogP contribution in [0.4, 0.5) is 0 Å². The molecule has 0 radical (unpaired) electrons. The molecule has 0 spiro atoms. The van der Waals surface area contributed by atoms with Gasteiger partial charge in [-0.15, -0.1) is 0 Å². The molecule has 2 aromatic carbocycles. The second-order valence-electron chi connectivity index (χ2n) is 6.85. The largest absolute Gasteiger partial charge is 0.459 e. The normalized spacial score (nSPS) is 21.3. The number of esters is 1. The molecule has 28 heavy (non-hydrogen) atoms. The van der Waals surface area contributed by atoms with Crippen LogP contribution in [0.15, 0.2) is 54.6 Å². The van der Waals surface area contributed by atoms with Crippen molar-refractivity contribution in [3.05, 3.63) is 71.3 Å². The van der Waals surface area contributed by atoms with Crippen molar-refractivity contribution < 1.29 is 23.9 Å². The van der Waals surface area contributed by atoms with Gasteiger partial charge in [0, 0.05) is 18.5 Å². The van der Waals surface area contributed by atoms with Gasteiger partial charge in [-0.3, -0.25) is 19.7 Å². The minimum Gasteiger partial charge on any atom is -0.459 e. The van der Waals surface area contributed by atoms with Crippen molar-refractivity contribution in [2.24, 2.45) is 0 Å². The number of rotatable bonds is 4. The molecule has 4 rings (SSSR count). The third-order valence-electron chi connectivity index (χ3n) is 5.18. The van der Waals surface area contributed by atoms with Gasteiger partial charge in [0.1, 0.15) is 6.61 Å². The molecule has 0 saturated carbocycles. The van der Waals surface area contributed by atoms with Crippen LogP contribution in [0, 0.1) is 0 Å². The first kappa shape index (κ1) is 17.9. The minimum atomic E-state index is -1.86. The quantitative estimate of drug-likeness (QED) is 0.495. The van der Waals surface area contributed by atoms with Gasteiger partial charge in [-0.1, -0.05) is 48.5 Å². The van der Waals surface area contributed by atoms with Gasteiger partial charge in [0.05, 0.1) is 0 Å². The van der Waals surface area contributed by atoms with Crippen LogP contribution in [0.5, 0.6) is 0 Å². The van der Waals surface area contributed by atoms with E-state index in [-0.39, 0.29) is 26.0 Å². The molecule has 2 aromatic rings. The van der Waals surface area contributed by atoms with Crippen LogP contribution in [0.3, 0.4) is 0 Å². The lowest BCUT2D eigenvalue weighted by atomic mass is 9.86. The van der Waals surface area contributed by atoms with Crippen LogP contribution < -0.4 is 5.32 Å². The molecule has 7 nitrogen and oxygen atoms in total. The highest BCUT2D eigenvalue weighted by atomic mass is 16.5. The number of carbonyl (C=O) groups is 4. The highest BCUT2D eigenvalue weighted by molar-refractivity contribution is 6.18. The standard InChI is InChI=1S/C21H18N2O5/c24-17-10-11-21(19(26)22-17,20(27)28-13-14-6-2-1-3-7-14)23-12-15-8-4-5-9-16(15)18(23)25/h1-9H,10-13H2,(H,22,24,26). The Labute approximate surface area is 161 Å². The molecule has 0 aromatic heterocycles. The highest BCUT2D eigenvalue weighted by Gasteiger charge is 2.58. The van der Waals surface area contributed by atoms with Crippen molar-refractivity contribution in [3.8, 4) is 0 Å². The van der Waals surface area contributed by atoms with Gasteiger partial charge in [-0.25, -0.2) is 4.79 Å². The average Bonchev–Trinajstić information content (AvgIpc) is 3.04. The summed E-state index contributed by atoms with van der Waals surface area (Å²) < 4.78 is 5.43. The zero-order valence-electron chi connectivity index (χ0n) is 15.0. The first-order chi connectivity index (χ1) is 13.5. The summed E-state index contributed by atoms with van der Waals surface area (Å²) in [6.07, 6.45) is -0.155. The topological polar surface area (TPSA) is 92.8 Å². The molecule has 0 bridgehead atoms. The lowest BCUT2D eigenvalue weighted by Crippen LogP contribution is -2.67. The Morgan fingerprint density at radius 3 is 2.46 bits per heavy atom. The van der Waals surface area contributed by atoms with Gasteiger partial charge in [0.2, 0.25) is 11.4 Å². The number of benzene rings is 2. The Morgan fingerprint density at radius 2 is 1.75 bits per heavy atom. The van der Waals surface area contributed by atoms with Crippen molar-refractivity contribution in [1.29, 1.82) is 0 Å². The molecule has 1 saturated heterocycles. The Morgan fingerprint density at radius 1 is 1.04 bits per heavy atom. The van der Waals surface area contributed by atoms with Gasteiger partial charge >= 0.3 is 5.97 Å². The van der Waals surface area contributed by atoms with Crippen LogP contribution in [0.25, 0.3) is 0 Å². The van der Waals surface area contributed by atoms with Crippen molar-refractivity contribution in [1.82, 2.24) is 10.2 Å². The summed E-state index contributed by atoms with van der Waals surface area (Å²) in [7, 11) is 0. The van der Waals surface area contributed by atoms with Crippen LogP contribution in [0.2, 0.25) is 0 Å². The van der Waals surface area contributed by atoms with Crippen LogP contribution >= 0.6 is 0 Å².